The quantitative estimate of drug-likeness (QED) is 0.224. The molecular formula is C23H23O2P. The predicted molar refractivity (Wildman–Crippen MR) is 112 cm³/mol. The van der Waals surface area contributed by atoms with Gasteiger partial charge in [0.2, 0.25) is 0 Å². The van der Waals surface area contributed by atoms with E-state index in [1.54, 1.807) is 0 Å². The molecule has 0 fully saturated rings. The molecule has 3 aromatic carbocycles. The zero-order chi connectivity index (χ0) is 18.3. The molecule has 3 rings (SSSR count). The molecule has 0 saturated heterocycles. The summed E-state index contributed by atoms with van der Waals surface area (Å²) in [6.07, 6.45) is 2.85. The zero-order valence-corrected chi connectivity index (χ0v) is 16.0. The van der Waals surface area contributed by atoms with Crippen molar-refractivity contribution in [2.24, 2.45) is 0 Å². The van der Waals surface area contributed by atoms with Gasteiger partial charge in [0, 0.05) is 0 Å². The standard InChI is InChI=1S/C23H23O2P/c1-3-24-25-19-20-26(2,21-13-7-4-8-14-21,22-15-9-5-10-16-22)23-17-11-6-12-18-23/h4-18H,3H2,1-2H3. The van der Waals surface area contributed by atoms with Gasteiger partial charge in [-0.1, -0.05) is 0 Å². The van der Waals surface area contributed by atoms with Crippen molar-refractivity contribution in [3.8, 4) is 11.8 Å². The molecule has 0 saturated carbocycles. The van der Waals surface area contributed by atoms with Crippen molar-refractivity contribution in [2.75, 3.05) is 13.3 Å². The van der Waals surface area contributed by atoms with Crippen molar-refractivity contribution < 1.29 is 9.78 Å². The Balaban J connectivity index is 2.37. The molecule has 0 bridgehead atoms. The predicted octanol–water partition coefficient (Wildman–Crippen LogP) is 4.03. The van der Waals surface area contributed by atoms with Crippen LogP contribution in [0.3, 0.4) is 0 Å². The van der Waals surface area contributed by atoms with E-state index in [1.165, 1.54) is 15.9 Å². The molecule has 0 spiro atoms. The summed E-state index contributed by atoms with van der Waals surface area (Å²) in [7, 11) is 0. The van der Waals surface area contributed by atoms with Crippen LogP contribution in [0.4, 0.5) is 0 Å². The Labute approximate surface area is 155 Å². The summed E-state index contributed by atoms with van der Waals surface area (Å²) in [5.74, 6) is 0. The zero-order valence-electron chi connectivity index (χ0n) is 15.1. The van der Waals surface area contributed by atoms with Gasteiger partial charge in [-0.25, -0.2) is 0 Å². The first-order chi connectivity index (χ1) is 12.7. The van der Waals surface area contributed by atoms with Crippen LogP contribution in [0.5, 0.6) is 0 Å². The molecular weight excluding hydrogens is 339 g/mol. The Bertz CT molecular complexity index is 797. The minimum absolute atomic E-state index is 0.455. The fourth-order valence-electron chi connectivity index (χ4n) is 3.26. The Morgan fingerprint density at radius 2 is 1.08 bits per heavy atom. The molecule has 0 heterocycles. The molecule has 0 radical (unpaired) electrons. The fourth-order valence-corrected chi connectivity index (χ4v) is 7.56. The summed E-state index contributed by atoms with van der Waals surface area (Å²) >= 11 is 0. The van der Waals surface area contributed by atoms with Crippen molar-refractivity contribution in [1.82, 2.24) is 0 Å². The van der Waals surface area contributed by atoms with Gasteiger partial charge in [0.25, 0.3) is 0 Å². The molecule has 0 aliphatic heterocycles. The van der Waals surface area contributed by atoms with Gasteiger partial charge in [0.15, 0.2) is 0 Å². The molecule has 0 amide bonds. The van der Waals surface area contributed by atoms with E-state index in [2.05, 4.69) is 91.2 Å². The van der Waals surface area contributed by atoms with Crippen LogP contribution in [0.2, 0.25) is 0 Å². The van der Waals surface area contributed by atoms with Crippen LogP contribution in [-0.4, -0.2) is 13.3 Å². The molecule has 3 aromatic rings. The third-order valence-electron chi connectivity index (χ3n) is 4.75. The Morgan fingerprint density at radius 1 is 0.692 bits per heavy atom. The molecule has 2 nitrogen and oxygen atoms in total. The Kier molecular flexibility index (Phi) is 5.43. The summed E-state index contributed by atoms with van der Waals surface area (Å²) in [4.78, 5) is 10.2. The second-order valence-electron chi connectivity index (χ2n) is 6.28. The fraction of sp³-hybridized carbons (Fsp3) is 0.130. The summed E-state index contributed by atoms with van der Waals surface area (Å²) < 4.78 is 0. The van der Waals surface area contributed by atoms with Gasteiger partial charge in [-0.2, -0.15) is 0 Å². The molecule has 0 unspecified atom stereocenters. The Morgan fingerprint density at radius 3 is 1.42 bits per heavy atom. The third kappa shape index (κ3) is 3.13. The summed E-state index contributed by atoms with van der Waals surface area (Å²) in [6, 6.07) is 31.5. The first-order valence-corrected chi connectivity index (χ1v) is 11.4. The van der Waals surface area contributed by atoms with E-state index >= 15 is 0 Å². The monoisotopic (exact) mass is 362 g/mol. The van der Waals surface area contributed by atoms with Gasteiger partial charge in [-0.3, -0.25) is 0 Å². The summed E-state index contributed by atoms with van der Waals surface area (Å²) in [5, 5.41) is 3.59. The SMILES string of the molecule is CCOOC#CP(C)(c1ccccc1)(c1ccccc1)c1ccccc1. The molecule has 26 heavy (non-hydrogen) atoms. The molecule has 0 N–H and O–H groups in total. The van der Waals surface area contributed by atoms with Crippen molar-refractivity contribution in [3.63, 3.8) is 0 Å². The molecule has 0 aliphatic rings. The maximum atomic E-state index is 5.14. The van der Waals surface area contributed by atoms with Crippen LogP contribution in [0.1, 0.15) is 6.92 Å². The van der Waals surface area contributed by atoms with E-state index in [1.807, 2.05) is 25.1 Å². The van der Waals surface area contributed by atoms with Crippen molar-refractivity contribution in [1.29, 1.82) is 0 Å². The van der Waals surface area contributed by atoms with E-state index in [0.29, 0.717) is 6.61 Å². The summed E-state index contributed by atoms with van der Waals surface area (Å²) in [5.41, 5.74) is 3.53. The van der Waals surface area contributed by atoms with E-state index < -0.39 is 6.60 Å². The number of hydrogen-bond acceptors (Lipinski definition) is 2. The average Bonchev–Trinajstić information content (AvgIpc) is 2.73. The first kappa shape index (κ1) is 18.2. The number of hydrogen-bond donors (Lipinski definition) is 0. The van der Waals surface area contributed by atoms with Gasteiger partial charge in [-0.15, -0.1) is 0 Å². The Hall–Kier alpha value is -2.59. The van der Waals surface area contributed by atoms with Gasteiger partial charge in [-0.05, 0) is 0 Å². The van der Waals surface area contributed by atoms with Crippen LogP contribution < -0.4 is 15.9 Å². The van der Waals surface area contributed by atoms with Crippen LogP contribution in [0.25, 0.3) is 0 Å². The van der Waals surface area contributed by atoms with Crippen molar-refractivity contribution >= 4 is 22.5 Å². The van der Waals surface area contributed by atoms with Crippen LogP contribution >= 0.6 is 6.60 Å². The molecule has 3 heteroatoms. The third-order valence-corrected chi connectivity index (χ3v) is 10.2. The van der Waals surface area contributed by atoms with Crippen molar-refractivity contribution in [2.45, 2.75) is 6.92 Å². The maximum absolute atomic E-state index is 5.14. The second kappa shape index (κ2) is 7.75. The first-order valence-electron chi connectivity index (χ1n) is 8.69. The van der Waals surface area contributed by atoms with E-state index in [0.717, 1.165) is 0 Å². The molecule has 0 atom stereocenters. The van der Waals surface area contributed by atoms with E-state index in [9.17, 15) is 0 Å². The van der Waals surface area contributed by atoms with Gasteiger partial charge in [0.05, 0.1) is 0 Å². The van der Waals surface area contributed by atoms with Crippen molar-refractivity contribution in [3.05, 3.63) is 91.0 Å². The normalized spacial score (nSPS) is 12.3. The second-order valence-corrected chi connectivity index (χ2v) is 11.2. The van der Waals surface area contributed by atoms with E-state index in [-0.39, 0.29) is 0 Å². The van der Waals surface area contributed by atoms with Gasteiger partial charge in [0.1, 0.15) is 0 Å². The molecule has 0 aromatic heterocycles. The molecule has 0 aliphatic carbocycles. The van der Waals surface area contributed by atoms with Gasteiger partial charge < -0.3 is 0 Å². The van der Waals surface area contributed by atoms with Crippen LogP contribution in [-0.2, 0) is 9.78 Å². The molecule has 132 valence electrons. The minimum atomic E-state index is -3.05. The van der Waals surface area contributed by atoms with E-state index in [4.69, 9.17) is 9.78 Å². The number of rotatable bonds is 5. The van der Waals surface area contributed by atoms with Crippen LogP contribution in [0.15, 0.2) is 91.0 Å². The van der Waals surface area contributed by atoms with Crippen LogP contribution in [0, 0.1) is 11.8 Å². The van der Waals surface area contributed by atoms with Gasteiger partial charge >= 0.3 is 155 Å². The summed E-state index contributed by atoms with van der Waals surface area (Å²) in [6.45, 7) is 1.55. The average molecular weight is 362 g/mol. The topological polar surface area (TPSA) is 18.5 Å². The number of benzene rings is 3.